The van der Waals surface area contributed by atoms with Crippen LogP contribution in [0.25, 0.3) is 0 Å². The molecule has 0 unspecified atom stereocenters. The Hall–Kier alpha value is -1.29. The third kappa shape index (κ3) is 2.35. The van der Waals surface area contributed by atoms with E-state index in [-0.39, 0.29) is 5.91 Å². The molecule has 1 heterocycles. The van der Waals surface area contributed by atoms with Crippen LogP contribution in [-0.2, 0) is 17.9 Å². The van der Waals surface area contributed by atoms with Gasteiger partial charge in [0.25, 0.3) is 0 Å². The van der Waals surface area contributed by atoms with Gasteiger partial charge in [-0.15, -0.1) is 0 Å². The summed E-state index contributed by atoms with van der Waals surface area (Å²) in [4.78, 5) is 11.4. The lowest BCUT2D eigenvalue weighted by Gasteiger charge is -2.03. The highest BCUT2D eigenvalue weighted by Gasteiger charge is 2.22. The van der Waals surface area contributed by atoms with Crippen LogP contribution in [-0.4, -0.2) is 16.5 Å². The number of carbonyl (C=O) groups excluding carboxylic acids is 1. The molecule has 1 amide bonds. The van der Waals surface area contributed by atoms with Crippen molar-refractivity contribution >= 4 is 5.91 Å². The maximum atomic E-state index is 11.4. The van der Waals surface area contributed by atoms with Crippen LogP contribution in [0.2, 0.25) is 0 Å². The van der Waals surface area contributed by atoms with Gasteiger partial charge in [0.05, 0.1) is 0 Å². The number of nitrogens with zero attached hydrogens (tertiary/aromatic N) is 1. The van der Waals surface area contributed by atoms with Crippen molar-refractivity contribution in [3.63, 3.8) is 0 Å². The normalized spacial score (nSPS) is 15.5. The standard InChI is InChI=1S/C10H15N3O/c11-5-8-3-4-13(6-8)7-10(14)12-9-1-2-9/h3-4,6,9H,1-2,5,7,11H2,(H,12,14). The third-order valence-corrected chi connectivity index (χ3v) is 2.32. The summed E-state index contributed by atoms with van der Waals surface area (Å²) in [5.74, 6) is 0.0895. The van der Waals surface area contributed by atoms with Gasteiger partial charge in [0, 0.05) is 25.0 Å². The number of hydrogen-bond donors (Lipinski definition) is 2. The van der Waals surface area contributed by atoms with E-state index in [9.17, 15) is 4.79 Å². The molecule has 0 bridgehead atoms. The molecule has 0 spiro atoms. The van der Waals surface area contributed by atoms with Gasteiger partial charge in [0.15, 0.2) is 0 Å². The smallest absolute Gasteiger partial charge is 0.240 e. The van der Waals surface area contributed by atoms with Crippen LogP contribution in [0.1, 0.15) is 18.4 Å². The summed E-state index contributed by atoms with van der Waals surface area (Å²) >= 11 is 0. The van der Waals surface area contributed by atoms with Gasteiger partial charge in [-0.25, -0.2) is 0 Å². The lowest BCUT2D eigenvalue weighted by atomic mass is 10.3. The lowest BCUT2D eigenvalue weighted by Crippen LogP contribution is -2.28. The van der Waals surface area contributed by atoms with Gasteiger partial charge >= 0.3 is 0 Å². The molecule has 76 valence electrons. The van der Waals surface area contributed by atoms with Crippen LogP contribution in [0.4, 0.5) is 0 Å². The van der Waals surface area contributed by atoms with Gasteiger partial charge in [-0.2, -0.15) is 0 Å². The van der Waals surface area contributed by atoms with E-state index < -0.39 is 0 Å². The molecule has 0 radical (unpaired) electrons. The molecule has 1 fully saturated rings. The van der Waals surface area contributed by atoms with Gasteiger partial charge in [0.1, 0.15) is 6.54 Å². The Labute approximate surface area is 83.1 Å². The minimum atomic E-state index is 0.0895. The van der Waals surface area contributed by atoms with E-state index in [2.05, 4.69) is 5.32 Å². The molecule has 1 aliphatic rings. The Kier molecular flexibility index (Phi) is 2.54. The van der Waals surface area contributed by atoms with Crippen LogP contribution in [0, 0.1) is 0 Å². The van der Waals surface area contributed by atoms with Crippen molar-refractivity contribution in [2.75, 3.05) is 0 Å². The molecule has 14 heavy (non-hydrogen) atoms. The summed E-state index contributed by atoms with van der Waals surface area (Å²) in [6, 6.07) is 2.37. The number of nitrogens with two attached hydrogens (primary N) is 1. The van der Waals surface area contributed by atoms with E-state index in [4.69, 9.17) is 5.73 Å². The summed E-state index contributed by atoms with van der Waals surface area (Å²) in [6.45, 7) is 0.924. The molecule has 0 aromatic carbocycles. The summed E-state index contributed by atoms with van der Waals surface area (Å²) in [7, 11) is 0. The number of carbonyl (C=O) groups is 1. The first kappa shape index (κ1) is 9.27. The maximum Gasteiger partial charge on any atom is 0.240 e. The topological polar surface area (TPSA) is 60.0 Å². The molecule has 1 aliphatic carbocycles. The molecule has 1 aromatic heterocycles. The molecular weight excluding hydrogens is 178 g/mol. The highest BCUT2D eigenvalue weighted by Crippen LogP contribution is 2.18. The Balaban J connectivity index is 1.85. The van der Waals surface area contributed by atoms with E-state index >= 15 is 0 Å². The fourth-order valence-electron chi connectivity index (χ4n) is 1.38. The Morgan fingerprint density at radius 1 is 1.64 bits per heavy atom. The van der Waals surface area contributed by atoms with Crippen molar-refractivity contribution < 1.29 is 4.79 Å². The SMILES string of the molecule is NCc1ccn(CC(=O)NC2CC2)c1. The van der Waals surface area contributed by atoms with E-state index in [1.165, 1.54) is 0 Å². The number of hydrogen-bond acceptors (Lipinski definition) is 2. The summed E-state index contributed by atoms with van der Waals surface area (Å²) in [6.07, 6.45) is 6.05. The zero-order valence-electron chi connectivity index (χ0n) is 8.07. The average molecular weight is 193 g/mol. The molecule has 4 heteroatoms. The van der Waals surface area contributed by atoms with Crippen molar-refractivity contribution in [3.05, 3.63) is 24.0 Å². The molecule has 1 aromatic rings. The van der Waals surface area contributed by atoms with Gasteiger partial charge in [-0.05, 0) is 24.5 Å². The van der Waals surface area contributed by atoms with Crippen LogP contribution in [0.5, 0.6) is 0 Å². The first-order valence-electron chi connectivity index (χ1n) is 4.92. The fraction of sp³-hybridized carbons (Fsp3) is 0.500. The number of rotatable bonds is 4. The van der Waals surface area contributed by atoms with Crippen LogP contribution < -0.4 is 11.1 Å². The predicted octanol–water partition coefficient (Wildman–Crippen LogP) is 0.225. The molecular formula is C10H15N3O. The Bertz CT molecular complexity index is 328. The molecule has 0 atom stereocenters. The monoisotopic (exact) mass is 193 g/mol. The highest BCUT2D eigenvalue weighted by molar-refractivity contribution is 5.76. The second-order valence-electron chi connectivity index (χ2n) is 3.74. The molecule has 3 N–H and O–H groups in total. The van der Waals surface area contributed by atoms with E-state index in [0.717, 1.165) is 18.4 Å². The zero-order valence-corrected chi connectivity index (χ0v) is 8.07. The predicted molar refractivity (Wildman–Crippen MR) is 53.5 cm³/mol. The van der Waals surface area contributed by atoms with Gasteiger partial charge in [-0.1, -0.05) is 0 Å². The lowest BCUT2D eigenvalue weighted by molar-refractivity contribution is -0.121. The van der Waals surface area contributed by atoms with E-state index in [1.807, 2.05) is 23.0 Å². The zero-order chi connectivity index (χ0) is 9.97. The van der Waals surface area contributed by atoms with Crippen LogP contribution in [0.15, 0.2) is 18.5 Å². The molecule has 1 saturated carbocycles. The van der Waals surface area contributed by atoms with Gasteiger partial charge in [0.2, 0.25) is 5.91 Å². The van der Waals surface area contributed by atoms with Crippen molar-refractivity contribution in [2.45, 2.75) is 32.0 Å². The molecule has 0 saturated heterocycles. The maximum absolute atomic E-state index is 11.4. The third-order valence-electron chi connectivity index (χ3n) is 2.32. The molecule has 4 nitrogen and oxygen atoms in total. The minimum Gasteiger partial charge on any atom is -0.352 e. The highest BCUT2D eigenvalue weighted by atomic mass is 16.2. The van der Waals surface area contributed by atoms with E-state index in [0.29, 0.717) is 19.1 Å². The van der Waals surface area contributed by atoms with Crippen LogP contribution in [0.3, 0.4) is 0 Å². The number of amides is 1. The summed E-state index contributed by atoms with van der Waals surface area (Å²) < 4.78 is 1.86. The number of aromatic nitrogens is 1. The second-order valence-corrected chi connectivity index (χ2v) is 3.74. The van der Waals surface area contributed by atoms with Crippen LogP contribution >= 0.6 is 0 Å². The summed E-state index contributed by atoms with van der Waals surface area (Å²) in [5, 5.41) is 2.94. The Morgan fingerprint density at radius 2 is 2.43 bits per heavy atom. The quantitative estimate of drug-likeness (QED) is 0.719. The molecule has 2 rings (SSSR count). The fourth-order valence-corrected chi connectivity index (χ4v) is 1.38. The minimum absolute atomic E-state index is 0.0895. The van der Waals surface area contributed by atoms with E-state index in [1.54, 1.807) is 0 Å². The van der Waals surface area contributed by atoms with Gasteiger partial charge < -0.3 is 15.6 Å². The van der Waals surface area contributed by atoms with Crippen molar-refractivity contribution in [2.24, 2.45) is 5.73 Å². The second kappa shape index (κ2) is 3.84. The first-order valence-corrected chi connectivity index (χ1v) is 4.92. The van der Waals surface area contributed by atoms with Crippen molar-refractivity contribution in [1.29, 1.82) is 0 Å². The van der Waals surface area contributed by atoms with Crippen molar-refractivity contribution in [3.8, 4) is 0 Å². The number of nitrogens with one attached hydrogen (secondary N) is 1. The largest absolute Gasteiger partial charge is 0.352 e. The Morgan fingerprint density at radius 3 is 3.00 bits per heavy atom. The summed E-state index contributed by atoms with van der Waals surface area (Å²) in [5.41, 5.74) is 6.53. The first-order chi connectivity index (χ1) is 6.78. The van der Waals surface area contributed by atoms with Gasteiger partial charge in [-0.3, -0.25) is 4.79 Å². The average Bonchev–Trinajstić information content (AvgIpc) is 2.83. The molecule has 0 aliphatic heterocycles. The van der Waals surface area contributed by atoms with Crippen molar-refractivity contribution in [1.82, 2.24) is 9.88 Å².